The van der Waals surface area contributed by atoms with Gasteiger partial charge in [0, 0.05) is 23.3 Å². The van der Waals surface area contributed by atoms with Gasteiger partial charge in [0.05, 0.1) is 22.5 Å². The molecule has 4 rings (SSSR count). The van der Waals surface area contributed by atoms with Crippen molar-refractivity contribution in [1.82, 2.24) is 15.0 Å². The monoisotopic (exact) mass is 352 g/mol. The summed E-state index contributed by atoms with van der Waals surface area (Å²) in [6.07, 6.45) is 1.76. The number of pyridine rings is 1. The summed E-state index contributed by atoms with van der Waals surface area (Å²) in [6, 6.07) is 21.2. The molecule has 130 valence electrons. The van der Waals surface area contributed by atoms with E-state index in [-0.39, 0.29) is 0 Å². The Kier molecular flexibility index (Phi) is 4.33. The van der Waals surface area contributed by atoms with Crippen LogP contribution in [0.5, 0.6) is 0 Å². The average molecular weight is 352 g/mol. The number of anilines is 4. The van der Waals surface area contributed by atoms with Gasteiger partial charge in [-0.3, -0.25) is 4.98 Å². The Hall–Kier alpha value is -3.98. The van der Waals surface area contributed by atoms with Crippen LogP contribution in [0, 0.1) is 18.3 Å². The largest absolute Gasteiger partial charge is 0.339 e. The summed E-state index contributed by atoms with van der Waals surface area (Å²) in [5.74, 6) is 1.07. The van der Waals surface area contributed by atoms with Gasteiger partial charge in [0.1, 0.15) is 11.9 Å². The van der Waals surface area contributed by atoms with E-state index in [2.05, 4.69) is 31.7 Å². The molecule has 0 saturated heterocycles. The van der Waals surface area contributed by atoms with Crippen LogP contribution in [-0.4, -0.2) is 15.0 Å². The number of aryl methyl sites for hydroxylation is 1. The Labute approximate surface area is 156 Å². The Bertz CT molecular complexity index is 1160. The molecule has 0 aliphatic rings. The topological polar surface area (TPSA) is 86.5 Å². The predicted octanol–water partition coefficient (Wildman–Crippen LogP) is 4.69. The lowest BCUT2D eigenvalue weighted by Crippen LogP contribution is -2.03. The van der Waals surface area contributed by atoms with Gasteiger partial charge in [0.25, 0.3) is 0 Å². The number of para-hydroxylation sites is 2. The molecule has 0 radical (unpaired) electrons. The minimum Gasteiger partial charge on any atom is -0.339 e. The number of hydrogen-bond donors (Lipinski definition) is 2. The smallest absolute Gasteiger partial charge is 0.229 e. The van der Waals surface area contributed by atoms with Crippen molar-refractivity contribution < 1.29 is 0 Å². The fourth-order valence-corrected chi connectivity index (χ4v) is 2.84. The molecule has 27 heavy (non-hydrogen) atoms. The second-order valence-electron chi connectivity index (χ2n) is 6.01. The van der Waals surface area contributed by atoms with Crippen LogP contribution in [-0.2, 0) is 0 Å². The lowest BCUT2D eigenvalue weighted by atomic mass is 10.2. The molecule has 0 unspecified atom stereocenters. The molecular weight excluding hydrogens is 336 g/mol. The van der Waals surface area contributed by atoms with Crippen LogP contribution in [0.15, 0.2) is 66.9 Å². The number of nitrogens with one attached hydrogen (secondary N) is 2. The van der Waals surface area contributed by atoms with E-state index in [4.69, 9.17) is 0 Å². The van der Waals surface area contributed by atoms with Gasteiger partial charge in [-0.05, 0) is 31.2 Å². The van der Waals surface area contributed by atoms with Crippen molar-refractivity contribution in [3.8, 4) is 6.07 Å². The van der Waals surface area contributed by atoms with Crippen molar-refractivity contribution in [3.05, 3.63) is 78.1 Å². The summed E-state index contributed by atoms with van der Waals surface area (Å²) >= 11 is 0. The second-order valence-corrected chi connectivity index (χ2v) is 6.01. The minimum atomic E-state index is 0.463. The van der Waals surface area contributed by atoms with Gasteiger partial charge in [0.2, 0.25) is 5.95 Å². The van der Waals surface area contributed by atoms with Gasteiger partial charge in [-0.1, -0.05) is 30.3 Å². The SMILES string of the molecule is Cc1cc(Nc2ccccc2C#N)nc(Nc2cccc3cccnc23)n1. The summed E-state index contributed by atoms with van der Waals surface area (Å²) in [7, 11) is 0. The molecule has 0 spiro atoms. The zero-order valence-corrected chi connectivity index (χ0v) is 14.6. The first kappa shape index (κ1) is 16.5. The van der Waals surface area contributed by atoms with E-state index in [0.29, 0.717) is 23.0 Å². The molecule has 4 aromatic rings. The fourth-order valence-electron chi connectivity index (χ4n) is 2.84. The highest BCUT2D eigenvalue weighted by Crippen LogP contribution is 2.25. The molecule has 0 atom stereocenters. The molecule has 0 fully saturated rings. The standard InChI is InChI=1S/C21H16N6/c1-14-12-19(25-17-9-3-2-6-16(17)13-22)27-21(24-14)26-18-10-4-7-15-8-5-11-23-20(15)18/h2-12H,1H3,(H2,24,25,26,27). The molecule has 0 saturated carbocycles. The maximum atomic E-state index is 9.26. The van der Waals surface area contributed by atoms with E-state index in [1.807, 2.05) is 61.5 Å². The molecule has 2 aromatic carbocycles. The Balaban J connectivity index is 1.67. The number of nitriles is 1. The van der Waals surface area contributed by atoms with E-state index in [1.54, 1.807) is 12.3 Å². The van der Waals surface area contributed by atoms with Gasteiger partial charge < -0.3 is 10.6 Å². The van der Waals surface area contributed by atoms with Gasteiger partial charge in [-0.2, -0.15) is 10.2 Å². The van der Waals surface area contributed by atoms with Crippen molar-refractivity contribution in [3.63, 3.8) is 0 Å². The Morgan fingerprint density at radius 3 is 2.59 bits per heavy atom. The third kappa shape index (κ3) is 3.53. The van der Waals surface area contributed by atoms with E-state index in [0.717, 1.165) is 22.3 Å². The first-order valence-corrected chi connectivity index (χ1v) is 8.45. The highest BCUT2D eigenvalue weighted by atomic mass is 15.1. The van der Waals surface area contributed by atoms with Crippen LogP contribution in [0.4, 0.5) is 23.1 Å². The van der Waals surface area contributed by atoms with Gasteiger partial charge >= 0.3 is 0 Å². The van der Waals surface area contributed by atoms with E-state index in [1.165, 1.54) is 0 Å². The molecule has 6 nitrogen and oxygen atoms in total. The van der Waals surface area contributed by atoms with E-state index >= 15 is 0 Å². The highest BCUT2D eigenvalue weighted by molar-refractivity contribution is 5.91. The van der Waals surface area contributed by atoms with Gasteiger partial charge in [-0.25, -0.2) is 4.98 Å². The molecule has 2 aromatic heterocycles. The molecule has 2 heterocycles. The molecular formula is C21H16N6. The van der Waals surface area contributed by atoms with Crippen LogP contribution < -0.4 is 10.6 Å². The van der Waals surface area contributed by atoms with E-state index < -0.39 is 0 Å². The van der Waals surface area contributed by atoms with Gasteiger partial charge in [0.15, 0.2) is 0 Å². The zero-order chi connectivity index (χ0) is 18.6. The molecule has 0 aliphatic carbocycles. The summed E-state index contributed by atoms with van der Waals surface area (Å²) in [5, 5.41) is 16.7. The highest BCUT2D eigenvalue weighted by Gasteiger charge is 2.08. The molecule has 0 amide bonds. The Morgan fingerprint density at radius 1 is 0.889 bits per heavy atom. The number of aromatic nitrogens is 3. The van der Waals surface area contributed by atoms with Crippen molar-refractivity contribution in [1.29, 1.82) is 5.26 Å². The zero-order valence-electron chi connectivity index (χ0n) is 14.6. The average Bonchev–Trinajstić information content (AvgIpc) is 2.68. The number of fused-ring (bicyclic) bond motifs is 1. The molecule has 0 aliphatic heterocycles. The third-order valence-electron chi connectivity index (χ3n) is 4.04. The van der Waals surface area contributed by atoms with Crippen LogP contribution in [0.2, 0.25) is 0 Å². The molecule has 6 heteroatoms. The lowest BCUT2D eigenvalue weighted by molar-refractivity contribution is 1.11. The number of hydrogen-bond acceptors (Lipinski definition) is 6. The molecule has 2 N–H and O–H groups in total. The normalized spacial score (nSPS) is 10.4. The second kappa shape index (κ2) is 7.10. The predicted molar refractivity (Wildman–Crippen MR) is 106 cm³/mol. The van der Waals surface area contributed by atoms with Crippen LogP contribution >= 0.6 is 0 Å². The summed E-state index contributed by atoms with van der Waals surface area (Å²) in [6.45, 7) is 1.90. The first-order valence-electron chi connectivity index (χ1n) is 8.45. The summed E-state index contributed by atoms with van der Waals surface area (Å²) in [4.78, 5) is 13.4. The van der Waals surface area contributed by atoms with Crippen molar-refractivity contribution >= 4 is 34.0 Å². The van der Waals surface area contributed by atoms with Crippen molar-refractivity contribution in [2.24, 2.45) is 0 Å². The third-order valence-corrected chi connectivity index (χ3v) is 4.04. The van der Waals surface area contributed by atoms with Crippen LogP contribution in [0.1, 0.15) is 11.3 Å². The number of benzene rings is 2. The van der Waals surface area contributed by atoms with Gasteiger partial charge in [-0.15, -0.1) is 0 Å². The summed E-state index contributed by atoms with van der Waals surface area (Å²) < 4.78 is 0. The minimum absolute atomic E-state index is 0.463. The van der Waals surface area contributed by atoms with E-state index in [9.17, 15) is 5.26 Å². The summed E-state index contributed by atoms with van der Waals surface area (Å²) in [5.41, 5.74) is 3.76. The lowest BCUT2D eigenvalue weighted by Gasteiger charge is -2.11. The number of nitrogens with zero attached hydrogens (tertiary/aromatic N) is 4. The maximum absolute atomic E-state index is 9.26. The van der Waals surface area contributed by atoms with Crippen LogP contribution in [0.25, 0.3) is 10.9 Å². The van der Waals surface area contributed by atoms with Crippen LogP contribution in [0.3, 0.4) is 0 Å². The maximum Gasteiger partial charge on any atom is 0.229 e. The molecule has 0 bridgehead atoms. The number of rotatable bonds is 4. The quantitative estimate of drug-likeness (QED) is 0.554. The fraction of sp³-hybridized carbons (Fsp3) is 0.0476. The first-order chi connectivity index (χ1) is 13.2. The van der Waals surface area contributed by atoms with Crippen molar-refractivity contribution in [2.75, 3.05) is 10.6 Å². The Morgan fingerprint density at radius 2 is 1.70 bits per heavy atom. The van der Waals surface area contributed by atoms with Crippen molar-refractivity contribution in [2.45, 2.75) is 6.92 Å².